The highest BCUT2D eigenvalue weighted by Crippen LogP contribution is 2.22. The smallest absolute Gasteiger partial charge is 0.272 e. The van der Waals surface area contributed by atoms with E-state index in [1.165, 1.54) is 19.3 Å². The number of aryl methyl sites for hydroxylation is 2. The maximum Gasteiger partial charge on any atom is 0.272 e. The first kappa shape index (κ1) is 16.4. The van der Waals surface area contributed by atoms with Crippen molar-refractivity contribution < 1.29 is 14.5 Å². The van der Waals surface area contributed by atoms with Crippen molar-refractivity contribution in [1.29, 1.82) is 0 Å². The van der Waals surface area contributed by atoms with Crippen LogP contribution < -0.4 is 4.74 Å². The minimum atomic E-state index is -0.432. The summed E-state index contributed by atoms with van der Waals surface area (Å²) in [6.07, 6.45) is 2.96. The van der Waals surface area contributed by atoms with E-state index in [9.17, 15) is 14.9 Å². The first-order valence-electron chi connectivity index (χ1n) is 7.04. The topological polar surface area (TPSA) is 69.4 Å². The molecule has 0 fully saturated rings. The lowest BCUT2D eigenvalue weighted by atomic mass is 10.0. The fourth-order valence-corrected chi connectivity index (χ4v) is 2.20. The Balaban J connectivity index is 2.30. The molecule has 0 spiro atoms. The zero-order valence-corrected chi connectivity index (χ0v) is 13.2. The van der Waals surface area contributed by atoms with Crippen molar-refractivity contribution in [2.24, 2.45) is 0 Å². The molecular formula is C18H17NO4. The van der Waals surface area contributed by atoms with E-state index in [-0.39, 0.29) is 11.5 Å². The zero-order valence-electron chi connectivity index (χ0n) is 13.2. The summed E-state index contributed by atoms with van der Waals surface area (Å²) in [5.41, 5.74) is 2.63. The molecule has 0 saturated heterocycles. The Morgan fingerprint density at radius 3 is 2.57 bits per heavy atom. The van der Waals surface area contributed by atoms with Gasteiger partial charge in [0.15, 0.2) is 5.78 Å². The molecule has 0 radical (unpaired) electrons. The third-order valence-electron chi connectivity index (χ3n) is 3.48. The van der Waals surface area contributed by atoms with Gasteiger partial charge in [-0.3, -0.25) is 14.9 Å². The fraction of sp³-hybridized carbons (Fsp3) is 0.167. The zero-order chi connectivity index (χ0) is 17.0. The first-order chi connectivity index (χ1) is 10.9. The number of ketones is 1. The summed E-state index contributed by atoms with van der Waals surface area (Å²) >= 11 is 0. The predicted octanol–water partition coefficient (Wildman–Crippen LogP) is 4.12. The highest BCUT2D eigenvalue weighted by molar-refractivity contribution is 6.08. The quantitative estimate of drug-likeness (QED) is 0.360. The van der Waals surface area contributed by atoms with E-state index in [1.807, 2.05) is 13.0 Å². The van der Waals surface area contributed by atoms with Crippen LogP contribution in [0, 0.1) is 24.0 Å². The standard InChI is InChI=1S/C18H17NO4/c1-12-4-9-18(23-3)15(10-12)17(20)8-7-14-6-5-13(2)16(11-14)19(21)22/h4-11H,1-3H3/b8-7+. The number of rotatable bonds is 5. The van der Waals surface area contributed by atoms with E-state index in [0.717, 1.165) is 5.56 Å². The molecule has 5 nitrogen and oxygen atoms in total. The average molecular weight is 311 g/mol. The molecule has 118 valence electrons. The Morgan fingerprint density at radius 2 is 1.91 bits per heavy atom. The van der Waals surface area contributed by atoms with Crippen molar-refractivity contribution in [2.45, 2.75) is 13.8 Å². The molecule has 2 rings (SSSR count). The highest BCUT2D eigenvalue weighted by atomic mass is 16.6. The number of nitro groups is 1. The number of allylic oxidation sites excluding steroid dienone is 1. The van der Waals surface area contributed by atoms with Crippen LogP contribution >= 0.6 is 0 Å². The summed E-state index contributed by atoms with van der Waals surface area (Å²) in [6, 6.07) is 10.2. The van der Waals surface area contributed by atoms with Crippen LogP contribution in [0.4, 0.5) is 5.69 Å². The van der Waals surface area contributed by atoms with E-state index < -0.39 is 4.92 Å². The average Bonchev–Trinajstić information content (AvgIpc) is 2.53. The monoisotopic (exact) mass is 311 g/mol. The second-order valence-corrected chi connectivity index (χ2v) is 5.20. The van der Waals surface area contributed by atoms with Crippen molar-refractivity contribution in [3.05, 3.63) is 74.8 Å². The number of benzene rings is 2. The highest BCUT2D eigenvalue weighted by Gasteiger charge is 2.12. The van der Waals surface area contributed by atoms with Crippen molar-refractivity contribution in [3.8, 4) is 5.75 Å². The summed E-state index contributed by atoms with van der Waals surface area (Å²) in [4.78, 5) is 22.9. The first-order valence-corrected chi connectivity index (χ1v) is 7.04. The SMILES string of the molecule is COc1ccc(C)cc1C(=O)/C=C/c1ccc(C)c([N+](=O)[O-])c1. The molecule has 0 heterocycles. The second kappa shape index (κ2) is 6.87. The van der Waals surface area contributed by atoms with Crippen LogP contribution in [0.15, 0.2) is 42.5 Å². The van der Waals surface area contributed by atoms with Gasteiger partial charge in [-0.15, -0.1) is 0 Å². The number of ether oxygens (including phenoxy) is 1. The largest absolute Gasteiger partial charge is 0.496 e. The number of carbonyl (C=O) groups excluding carboxylic acids is 1. The minimum absolute atomic E-state index is 0.0349. The van der Waals surface area contributed by atoms with Gasteiger partial charge in [-0.25, -0.2) is 0 Å². The fourth-order valence-electron chi connectivity index (χ4n) is 2.20. The van der Waals surface area contributed by atoms with E-state index in [2.05, 4.69) is 0 Å². The van der Waals surface area contributed by atoms with Crippen molar-refractivity contribution >= 4 is 17.5 Å². The van der Waals surface area contributed by atoms with Gasteiger partial charge in [0.25, 0.3) is 5.69 Å². The van der Waals surface area contributed by atoms with Gasteiger partial charge in [0, 0.05) is 11.6 Å². The normalized spacial score (nSPS) is 10.7. The van der Waals surface area contributed by atoms with Gasteiger partial charge in [-0.05, 0) is 37.6 Å². The Labute approximate surface area is 134 Å². The molecule has 0 amide bonds. The van der Waals surface area contributed by atoms with Crippen molar-refractivity contribution in [3.63, 3.8) is 0 Å². The summed E-state index contributed by atoms with van der Waals surface area (Å²) in [7, 11) is 1.51. The van der Waals surface area contributed by atoms with E-state index in [0.29, 0.717) is 22.4 Å². The molecule has 0 aromatic heterocycles. The van der Waals surface area contributed by atoms with Gasteiger partial charge in [-0.1, -0.05) is 29.8 Å². The van der Waals surface area contributed by atoms with Crippen molar-refractivity contribution in [1.82, 2.24) is 0 Å². The van der Waals surface area contributed by atoms with Gasteiger partial charge < -0.3 is 4.74 Å². The van der Waals surface area contributed by atoms with Crippen molar-refractivity contribution in [2.75, 3.05) is 7.11 Å². The molecule has 0 aliphatic heterocycles. The number of nitro benzene ring substituents is 1. The van der Waals surface area contributed by atoms with Crippen LogP contribution in [0.25, 0.3) is 6.08 Å². The van der Waals surface area contributed by atoms with Gasteiger partial charge in [-0.2, -0.15) is 0 Å². The molecule has 0 N–H and O–H groups in total. The van der Waals surface area contributed by atoms with E-state index >= 15 is 0 Å². The summed E-state index contributed by atoms with van der Waals surface area (Å²) in [6.45, 7) is 3.57. The Kier molecular flexibility index (Phi) is 4.91. The molecule has 2 aromatic rings. The molecular weight excluding hydrogens is 294 g/mol. The Morgan fingerprint density at radius 1 is 1.17 bits per heavy atom. The molecule has 0 aliphatic rings. The lowest BCUT2D eigenvalue weighted by molar-refractivity contribution is -0.385. The Hall–Kier alpha value is -2.95. The third-order valence-corrected chi connectivity index (χ3v) is 3.48. The molecule has 23 heavy (non-hydrogen) atoms. The Bertz CT molecular complexity index is 794. The van der Waals surface area contributed by atoms with Crippen LogP contribution in [0.1, 0.15) is 27.0 Å². The van der Waals surface area contributed by atoms with E-state index in [4.69, 9.17) is 4.74 Å². The summed E-state index contributed by atoms with van der Waals surface area (Å²) < 4.78 is 5.20. The molecule has 0 aliphatic carbocycles. The summed E-state index contributed by atoms with van der Waals surface area (Å²) in [5.74, 6) is 0.286. The van der Waals surface area contributed by atoms with Gasteiger partial charge in [0.2, 0.25) is 0 Å². The molecule has 0 unspecified atom stereocenters. The lowest BCUT2D eigenvalue weighted by Crippen LogP contribution is -1.99. The van der Waals surface area contributed by atoms with Gasteiger partial charge in [0.05, 0.1) is 17.6 Å². The van der Waals surface area contributed by atoms with Crippen LogP contribution in [0.3, 0.4) is 0 Å². The number of hydrogen-bond acceptors (Lipinski definition) is 4. The minimum Gasteiger partial charge on any atom is -0.496 e. The third kappa shape index (κ3) is 3.83. The predicted molar refractivity (Wildman–Crippen MR) is 88.9 cm³/mol. The number of hydrogen-bond donors (Lipinski definition) is 0. The maximum atomic E-state index is 12.3. The van der Waals surface area contributed by atoms with Crippen LogP contribution in [0.5, 0.6) is 5.75 Å². The van der Waals surface area contributed by atoms with Crippen LogP contribution in [-0.4, -0.2) is 17.8 Å². The molecule has 2 aromatic carbocycles. The molecule has 5 heteroatoms. The number of carbonyl (C=O) groups is 1. The molecule has 0 bridgehead atoms. The summed E-state index contributed by atoms with van der Waals surface area (Å²) in [5, 5.41) is 11.0. The van der Waals surface area contributed by atoms with Crippen LogP contribution in [0.2, 0.25) is 0 Å². The van der Waals surface area contributed by atoms with Crippen LogP contribution in [-0.2, 0) is 0 Å². The van der Waals surface area contributed by atoms with Gasteiger partial charge in [0.1, 0.15) is 5.75 Å². The van der Waals surface area contributed by atoms with Gasteiger partial charge >= 0.3 is 0 Å². The van der Waals surface area contributed by atoms with E-state index in [1.54, 1.807) is 37.3 Å². The second-order valence-electron chi connectivity index (χ2n) is 5.20. The molecule has 0 saturated carbocycles. The maximum absolute atomic E-state index is 12.3. The number of methoxy groups -OCH3 is 1. The lowest BCUT2D eigenvalue weighted by Gasteiger charge is -2.06. The number of nitrogens with zero attached hydrogens (tertiary/aromatic N) is 1. The molecule has 0 atom stereocenters.